The highest BCUT2D eigenvalue weighted by atomic mass is 16.5. The van der Waals surface area contributed by atoms with Crippen molar-refractivity contribution in [2.45, 2.75) is 6.92 Å². The SMILES string of the molecule is COc1ccc(C=Cc2cc(OC)cc(OC)c2/C=C/C(=O)c2cc3cccc(C)c3oc2=O)cc1. The Labute approximate surface area is 209 Å². The van der Waals surface area contributed by atoms with Gasteiger partial charge < -0.3 is 18.6 Å². The lowest BCUT2D eigenvalue weighted by atomic mass is 10.0. The topological polar surface area (TPSA) is 75.0 Å². The molecule has 0 amide bonds. The first-order valence-corrected chi connectivity index (χ1v) is 11.3. The molecule has 0 fully saturated rings. The molecule has 0 aliphatic rings. The molecule has 36 heavy (non-hydrogen) atoms. The summed E-state index contributed by atoms with van der Waals surface area (Å²) < 4.78 is 21.6. The number of para-hydroxylation sites is 1. The van der Waals surface area contributed by atoms with Crippen LogP contribution in [-0.4, -0.2) is 27.1 Å². The highest BCUT2D eigenvalue weighted by Crippen LogP contribution is 2.31. The predicted molar refractivity (Wildman–Crippen MR) is 142 cm³/mol. The molecule has 6 nitrogen and oxygen atoms in total. The highest BCUT2D eigenvalue weighted by molar-refractivity contribution is 6.08. The molecule has 4 rings (SSSR count). The number of methoxy groups -OCH3 is 3. The molecule has 0 radical (unpaired) electrons. The van der Waals surface area contributed by atoms with Gasteiger partial charge in [0.25, 0.3) is 0 Å². The maximum absolute atomic E-state index is 13.0. The summed E-state index contributed by atoms with van der Waals surface area (Å²) in [7, 11) is 4.74. The zero-order chi connectivity index (χ0) is 25.7. The van der Waals surface area contributed by atoms with E-state index in [1.165, 1.54) is 6.08 Å². The first-order valence-electron chi connectivity index (χ1n) is 11.3. The molecule has 0 aliphatic heterocycles. The number of rotatable bonds is 8. The van der Waals surface area contributed by atoms with Gasteiger partial charge in [-0.05, 0) is 60.0 Å². The van der Waals surface area contributed by atoms with E-state index in [9.17, 15) is 9.59 Å². The molecular weight excluding hydrogens is 456 g/mol. The molecule has 0 saturated carbocycles. The van der Waals surface area contributed by atoms with Crippen LogP contribution in [0.5, 0.6) is 17.2 Å². The van der Waals surface area contributed by atoms with Gasteiger partial charge in [-0.3, -0.25) is 4.79 Å². The number of allylic oxidation sites excluding steroid dienone is 1. The van der Waals surface area contributed by atoms with Gasteiger partial charge in [0.1, 0.15) is 28.4 Å². The van der Waals surface area contributed by atoms with Crippen LogP contribution in [-0.2, 0) is 0 Å². The summed E-state index contributed by atoms with van der Waals surface area (Å²) in [5.74, 6) is 1.44. The Hall–Kier alpha value is -4.58. The smallest absolute Gasteiger partial charge is 0.347 e. The third-order valence-corrected chi connectivity index (χ3v) is 5.80. The van der Waals surface area contributed by atoms with E-state index >= 15 is 0 Å². The molecule has 182 valence electrons. The zero-order valence-electron chi connectivity index (χ0n) is 20.5. The van der Waals surface area contributed by atoms with Gasteiger partial charge in [-0.2, -0.15) is 0 Å². The number of ether oxygens (including phenoxy) is 3. The fraction of sp³-hybridized carbons (Fsp3) is 0.133. The van der Waals surface area contributed by atoms with Crippen molar-refractivity contribution in [3.63, 3.8) is 0 Å². The van der Waals surface area contributed by atoms with Crippen molar-refractivity contribution in [2.24, 2.45) is 0 Å². The number of fused-ring (bicyclic) bond motifs is 1. The average Bonchev–Trinajstić information content (AvgIpc) is 2.90. The number of carbonyl (C=O) groups excluding carboxylic acids is 1. The van der Waals surface area contributed by atoms with Gasteiger partial charge >= 0.3 is 5.63 Å². The third kappa shape index (κ3) is 5.23. The summed E-state index contributed by atoms with van der Waals surface area (Å²) in [5, 5.41) is 0.691. The number of hydrogen-bond acceptors (Lipinski definition) is 6. The van der Waals surface area contributed by atoms with Gasteiger partial charge in [0.2, 0.25) is 0 Å². The fourth-order valence-corrected chi connectivity index (χ4v) is 3.84. The molecule has 0 bridgehead atoms. The predicted octanol–water partition coefficient (Wildman–Crippen LogP) is 6.19. The molecule has 0 saturated heterocycles. The maximum atomic E-state index is 13.0. The van der Waals surface area contributed by atoms with Crippen molar-refractivity contribution in [3.8, 4) is 17.2 Å². The molecule has 0 atom stereocenters. The molecule has 4 aromatic rings. The quantitative estimate of drug-likeness (QED) is 0.129. The van der Waals surface area contributed by atoms with E-state index in [2.05, 4.69) is 0 Å². The first-order chi connectivity index (χ1) is 17.4. The second kappa shape index (κ2) is 10.8. The summed E-state index contributed by atoms with van der Waals surface area (Å²) in [6.45, 7) is 1.85. The summed E-state index contributed by atoms with van der Waals surface area (Å²) in [4.78, 5) is 25.5. The summed E-state index contributed by atoms with van der Waals surface area (Å²) in [6, 6.07) is 18.3. The van der Waals surface area contributed by atoms with Crippen LogP contribution in [0.15, 0.2) is 76.0 Å². The lowest BCUT2D eigenvalue weighted by molar-refractivity contribution is 0.104. The Morgan fingerprint density at radius 1 is 0.833 bits per heavy atom. The molecule has 1 aromatic heterocycles. The molecule has 3 aromatic carbocycles. The average molecular weight is 483 g/mol. The third-order valence-electron chi connectivity index (χ3n) is 5.80. The van der Waals surface area contributed by atoms with Gasteiger partial charge in [-0.25, -0.2) is 4.79 Å². The number of benzene rings is 3. The maximum Gasteiger partial charge on any atom is 0.347 e. The minimum atomic E-state index is -0.673. The van der Waals surface area contributed by atoms with Gasteiger partial charge in [-0.15, -0.1) is 0 Å². The van der Waals surface area contributed by atoms with Gasteiger partial charge in [0.15, 0.2) is 5.78 Å². The second-order valence-corrected chi connectivity index (χ2v) is 8.08. The van der Waals surface area contributed by atoms with E-state index in [-0.39, 0.29) is 5.56 Å². The molecule has 0 unspecified atom stereocenters. The molecule has 1 heterocycles. The van der Waals surface area contributed by atoms with E-state index in [4.69, 9.17) is 18.6 Å². The molecule has 0 N–H and O–H groups in total. The largest absolute Gasteiger partial charge is 0.497 e. The van der Waals surface area contributed by atoms with Crippen LogP contribution in [0.4, 0.5) is 0 Å². The Morgan fingerprint density at radius 3 is 2.28 bits per heavy atom. The summed E-state index contributed by atoms with van der Waals surface area (Å²) >= 11 is 0. The van der Waals surface area contributed by atoms with Crippen LogP contribution in [0.1, 0.15) is 32.6 Å². The first kappa shape index (κ1) is 24.5. The minimum absolute atomic E-state index is 0.0350. The van der Waals surface area contributed by atoms with E-state index < -0.39 is 11.4 Å². The van der Waals surface area contributed by atoms with Crippen molar-refractivity contribution in [3.05, 3.63) is 105 Å². The van der Waals surface area contributed by atoms with Crippen molar-refractivity contribution in [1.29, 1.82) is 0 Å². The Kier molecular flexibility index (Phi) is 7.35. The summed E-state index contributed by atoms with van der Waals surface area (Å²) in [6.07, 6.45) is 6.83. The molecule has 0 spiro atoms. The van der Waals surface area contributed by atoms with Crippen molar-refractivity contribution >= 4 is 35.0 Å². The molecule has 6 heteroatoms. The number of hydrogen-bond donors (Lipinski definition) is 0. The zero-order valence-corrected chi connectivity index (χ0v) is 20.5. The Morgan fingerprint density at radius 2 is 1.58 bits per heavy atom. The van der Waals surface area contributed by atoms with Crippen molar-refractivity contribution in [1.82, 2.24) is 0 Å². The van der Waals surface area contributed by atoms with Crippen LogP contribution < -0.4 is 19.8 Å². The Balaban J connectivity index is 1.72. The molecular formula is C30H26O6. The minimum Gasteiger partial charge on any atom is -0.497 e. The van der Waals surface area contributed by atoms with E-state index in [1.807, 2.05) is 61.5 Å². The summed E-state index contributed by atoms with van der Waals surface area (Å²) in [5.41, 5.74) is 3.00. The van der Waals surface area contributed by atoms with Crippen LogP contribution >= 0.6 is 0 Å². The van der Waals surface area contributed by atoms with Crippen LogP contribution in [0.25, 0.3) is 29.2 Å². The second-order valence-electron chi connectivity index (χ2n) is 8.08. The number of ketones is 1. The van der Waals surface area contributed by atoms with E-state index in [1.54, 1.807) is 45.6 Å². The number of carbonyl (C=O) groups is 1. The lowest BCUT2D eigenvalue weighted by Gasteiger charge is -2.11. The van der Waals surface area contributed by atoms with Crippen LogP contribution in [0.2, 0.25) is 0 Å². The van der Waals surface area contributed by atoms with Gasteiger partial charge in [0.05, 0.1) is 21.3 Å². The Bertz CT molecular complexity index is 1520. The standard InChI is InChI=1S/C30H26O6/c1-19-6-5-7-22-17-26(30(32)36-29(19)22)27(31)15-14-25-21(16-24(34-3)18-28(25)35-4)11-8-20-9-12-23(33-2)13-10-20/h5-18H,1-4H3/b11-8?,15-14+. The van der Waals surface area contributed by atoms with Crippen LogP contribution in [0, 0.1) is 6.92 Å². The normalized spacial score (nSPS) is 11.3. The molecule has 0 aliphatic carbocycles. The lowest BCUT2D eigenvalue weighted by Crippen LogP contribution is -2.12. The number of aryl methyl sites for hydroxylation is 1. The van der Waals surface area contributed by atoms with Crippen LogP contribution in [0.3, 0.4) is 0 Å². The van der Waals surface area contributed by atoms with E-state index in [0.29, 0.717) is 28.0 Å². The van der Waals surface area contributed by atoms with Crippen molar-refractivity contribution in [2.75, 3.05) is 21.3 Å². The van der Waals surface area contributed by atoms with E-state index in [0.717, 1.165) is 22.4 Å². The monoisotopic (exact) mass is 482 g/mol. The fourth-order valence-electron chi connectivity index (χ4n) is 3.84. The highest BCUT2D eigenvalue weighted by Gasteiger charge is 2.14. The van der Waals surface area contributed by atoms with Gasteiger partial charge in [-0.1, -0.05) is 42.5 Å². The van der Waals surface area contributed by atoms with Crippen molar-refractivity contribution < 1.29 is 23.4 Å². The van der Waals surface area contributed by atoms with Gasteiger partial charge in [0, 0.05) is 17.0 Å².